The van der Waals surface area contributed by atoms with Crippen molar-refractivity contribution in [2.75, 3.05) is 5.32 Å². The van der Waals surface area contributed by atoms with Gasteiger partial charge in [-0.3, -0.25) is 9.78 Å². The molecule has 2 aromatic rings. The van der Waals surface area contributed by atoms with Crippen molar-refractivity contribution in [3.05, 3.63) is 53.9 Å². The molecule has 2 rings (SSSR count). The number of anilines is 2. The topological polar surface area (TPSA) is 77.8 Å². The number of carbonyl (C=O) groups is 1. The zero-order valence-corrected chi connectivity index (χ0v) is 12.8. The van der Waals surface area contributed by atoms with Crippen LogP contribution in [0.5, 0.6) is 0 Å². The van der Waals surface area contributed by atoms with E-state index in [1.165, 1.54) is 0 Å². The van der Waals surface area contributed by atoms with Gasteiger partial charge in [-0.2, -0.15) is 5.26 Å². The van der Waals surface area contributed by atoms with Crippen LogP contribution in [0, 0.1) is 11.3 Å². The van der Waals surface area contributed by atoms with E-state index in [2.05, 4.69) is 21.7 Å². The molecule has 0 saturated heterocycles. The molecular weight excluding hydrogens is 276 g/mol. The second-order valence-corrected chi connectivity index (χ2v) is 5.95. The number of aromatic nitrogens is 1. The second-order valence-electron chi connectivity index (χ2n) is 5.95. The number of pyridine rings is 1. The molecule has 0 radical (unpaired) electrons. The van der Waals surface area contributed by atoms with Crippen molar-refractivity contribution in [2.24, 2.45) is 0 Å². The smallest absolute Gasteiger partial charge is 0.270 e. The Morgan fingerprint density at radius 1 is 1.14 bits per heavy atom. The van der Waals surface area contributed by atoms with Crippen molar-refractivity contribution in [1.82, 2.24) is 10.3 Å². The molecule has 0 bridgehead atoms. The average Bonchev–Trinajstić information content (AvgIpc) is 2.46. The third-order valence-corrected chi connectivity index (χ3v) is 2.78. The minimum Gasteiger partial charge on any atom is -0.355 e. The predicted octanol–water partition coefficient (Wildman–Crippen LogP) is 3.23. The molecule has 1 aromatic heterocycles. The van der Waals surface area contributed by atoms with Crippen LogP contribution in [0.4, 0.5) is 11.4 Å². The van der Waals surface area contributed by atoms with Gasteiger partial charge in [0.1, 0.15) is 5.69 Å². The molecule has 22 heavy (non-hydrogen) atoms. The van der Waals surface area contributed by atoms with Crippen LogP contribution in [-0.4, -0.2) is 16.4 Å². The number of rotatable bonds is 3. The van der Waals surface area contributed by atoms with Gasteiger partial charge in [0.05, 0.1) is 11.6 Å². The SMILES string of the molecule is CC(C)(C)NC(=O)c1cc(Nc2ccc(C#N)cc2)ccn1. The first-order valence-electron chi connectivity index (χ1n) is 6.93. The molecule has 0 aliphatic carbocycles. The first-order chi connectivity index (χ1) is 10.4. The number of nitrogens with zero attached hydrogens (tertiary/aromatic N) is 2. The molecule has 0 spiro atoms. The van der Waals surface area contributed by atoms with E-state index in [0.29, 0.717) is 11.3 Å². The summed E-state index contributed by atoms with van der Waals surface area (Å²) in [5, 5.41) is 14.8. The molecule has 112 valence electrons. The van der Waals surface area contributed by atoms with E-state index in [-0.39, 0.29) is 11.4 Å². The Bertz CT molecular complexity index is 709. The van der Waals surface area contributed by atoms with Crippen molar-refractivity contribution in [1.29, 1.82) is 5.26 Å². The highest BCUT2D eigenvalue weighted by Crippen LogP contribution is 2.17. The molecule has 0 aliphatic heterocycles. The first kappa shape index (κ1) is 15.5. The van der Waals surface area contributed by atoms with E-state index in [4.69, 9.17) is 5.26 Å². The zero-order valence-electron chi connectivity index (χ0n) is 12.8. The minimum absolute atomic E-state index is 0.212. The van der Waals surface area contributed by atoms with Gasteiger partial charge in [-0.05, 0) is 57.2 Å². The highest BCUT2D eigenvalue weighted by Gasteiger charge is 2.16. The number of hydrogen-bond acceptors (Lipinski definition) is 4. The molecule has 0 aliphatic rings. The molecule has 1 heterocycles. The maximum atomic E-state index is 12.1. The highest BCUT2D eigenvalue weighted by atomic mass is 16.2. The van der Waals surface area contributed by atoms with Crippen LogP contribution < -0.4 is 10.6 Å². The van der Waals surface area contributed by atoms with Gasteiger partial charge in [-0.15, -0.1) is 0 Å². The fraction of sp³-hybridized carbons (Fsp3) is 0.235. The second kappa shape index (κ2) is 6.27. The summed E-state index contributed by atoms with van der Waals surface area (Å²) in [6.07, 6.45) is 1.59. The molecule has 0 atom stereocenters. The molecule has 0 saturated carbocycles. The van der Waals surface area contributed by atoms with Gasteiger partial charge in [0.15, 0.2) is 0 Å². The van der Waals surface area contributed by atoms with Crippen LogP contribution in [0.1, 0.15) is 36.8 Å². The molecule has 0 fully saturated rings. The van der Waals surface area contributed by atoms with E-state index >= 15 is 0 Å². The zero-order chi connectivity index (χ0) is 16.2. The lowest BCUT2D eigenvalue weighted by molar-refractivity contribution is 0.0914. The Balaban J connectivity index is 2.14. The number of nitriles is 1. The van der Waals surface area contributed by atoms with Crippen LogP contribution in [0.15, 0.2) is 42.6 Å². The molecular formula is C17H18N4O. The van der Waals surface area contributed by atoms with Gasteiger partial charge in [-0.1, -0.05) is 0 Å². The molecule has 1 amide bonds. The molecule has 5 heteroatoms. The van der Waals surface area contributed by atoms with Gasteiger partial charge in [0.25, 0.3) is 5.91 Å². The van der Waals surface area contributed by atoms with Gasteiger partial charge in [0.2, 0.25) is 0 Å². The van der Waals surface area contributed by atoms with E-state index in [0.717, 1.165) is 11.4 Å². The van der Waals surface area contributed by atoms with Gasteiger partial charge >= 0.3 is 0 Å². The van der Waals surface area contributed by atoms with Crippen LogP contribution in [0.2, 0.25) is 0 Å². The Morgan fingerprint density at radius 3 is 2.41 bits per heavy atom. The highest BCUT2D eigenvalue weighted by molar-refractivity contribution is 5.93. The summed E-state index contributed by atoms with van der Waals surface area (Å²) in [5.74, 6) is -0.212. The summed E-state index contributed by atoms with van der Waals surface area (Å²) in [5.41, 5.74) is 2.25. The lowest BCUT2D eigenvalue weighted by atomic mass is 10.1. The van der Waals surface area contributed by atoms with Gasteiger partial charge in [-0.25, -0.2) is 0 Å². The van der Waals surface area contributed by atoms with Gasteiger partial charge in [0, 0.05) is 23.1 Å². The lowest BCUT2D eigenvalue weighted by Crippen LogP contribution is -2.40. The fourth-order valence-corrected chi connectivity index (χ4v) is 1.83. The largest absolute Gasteiger partial charge is 0.355 e. The van der Waals surface area contributed by atoms with Crippen LogP contribution in [-0.2, 0) is 0 Å². The summed E-state index contributed by atoms with van der Waals surface area (Å²) in [4.78, 5) is 16.2. The lowest BCUT2D eigenvalue weighted by Gasteiger charge is -2.20. The number of amides is 1. The maximum Gasteiger partial charge on any atom is 0.270 e. The minimum atomic E-state index is -0.310. The van der Waals surface area contributed by atoms with Crippen molar-refractivity contribution in [3.8, 4) is 6.07 Å². The van der Waals surface area contributed by atoms with E-state index in [1.54, 1.807) is 30.5 Å². The van der Waals surface area contributed by atoms with Gasteiger partial charge < -0.3 is 10.6 Å². The Labute approximate surface area is 130 Å². The predicted molar refractivity (Wildman–Crippen MR) is 85.9 cm³/mol. The third-order valence-electron chi connectivity index (χ3n) is 2.78. The summed E-state index contributed by atoms with van der Waals surface area (Å²) < 4.78 is 0. The van der Waals surface area contributed by atoms with Crippen molar-refractivity contribution >= 4 is 17.3 Å². The Kier molecular flexibility index (Phi) is 4.42. The maximum absolute atomic E-state index is 12.1. The van der Waals surface area contributed by atoms with Crippen molar-refractivity contribution in [3.63, 3.8) is 0 Å². The number of benzene rings is 1. The fourth-order valence-electron chi connectivity index (χ4n) is 1.83. The number of carbonyl (C=O) groups excluding carboxylic acids is 1. The quantitative estimate of drug-likeness (QED) is 0.911. The van der Waals surface area contributed by atoms with Crippen molar-refractivity contribution in [2.45, 2.75) is 26.3 Å². The molecule has 5 nitrogen and oxygen atoms in total. The molecule has 1 aromatic carbocycles. The molecule has 0 unspecified atom stereocenters. The van der Waals surface area contributed by atoms with E-state index < -0.39 is 0 Å². The first-order valence-corrected chi connectivity index (χ1v) is 6.93. The summed E-state index contributed by atoms with van der Waals surface area (Å²) in [7, 11) is 0. The van der Waals surface area contributed by atoms with Crippen LogP contribution >= 0.6 is 0 Å². The average molecular weight is 294 g/mol. The standard InChI is InChI=1S/C17H18N4O/c1-17(2,3)21-16(22)15-10-14(8-9-19-15)20-13-6-4-12(11-18)5-7-13/h4-10H,1-3H3,(H,19,20)(H,21,22). The van der Waals surface area contributed by atoms with Crippen LogP contribution in [0.3, 0.4) is 0 Å². The summed E-state index contributed by atoms with van der Waals surface area (Å²) in [6, 6.07) is 12.6. The van der Waals surface area contributed by atoms with Crippen LogP contribution in [0.25, 0.3) is 0 Å². The monoisotopic (exact) mass is 294 g/mol. The normalized spacial score (nSPS) is 10.6. The van der Waals surface area contributed by atoms with E-state index in [1.807, 2.05) is 32.9 Å². The molecule has 2 N–H and O–H groups in total. The van der Waals surface area contributed by atoms with Crippen molar-refractivity contribution < 1.29 is 4.79 Å². The summed E-state index contributed by atoms with van der Waals surface area (Å²) >= 11 is 0. The Morgan fingerprint density at radius 2 is 1.82 bits per heavy atom. The van der Waals surface area contributed by atoms with E-state index in [9.17, 15) is 4.79 Å². The Hall–Kier alpha value is -2.87. The number of nitrogens with one attached hydrogen (secondary N) is 2. The summed E-state index contributed by atoms with van der Waals surface area (Å²) in [6.45, 7) is 5.76. The number of hydrogen-bond donors (Lipinski definition) is 2. The third kappa shape index (κ3) is 4.32.